The molecule has 0 amide bonds. The second-order valence-corrected chi connectivity index (χ2v) is 5.36. The smallest absolute Gasteiger partial charge is 0.230 e. The van der Waals surface area contributed by atoms with E-state index in [2.05, 4.69) is 24.3 Å². The Morgan fingerprint density at radius 3 is 2.42 bits per heavy atom. The first-order chi connectivity index (χ1) is 9.04. The molecule has 0 unspecified atom stereocenters. The molecule has 2 aromatic carbocycles. The van der Waals surface area contributed by atoms with Crippen molar-refractivity contribution in [2.45, 2.75) is 19.4 Å². The first kappa shape index (κ1) is 12.1. The first-order valence-electron chi connectivity index (χ1n) is 6.33. The lowest BCUT2D eigenvalue weighted by atomic mass is 9.93. The second-order valence-electron chi connectivity index (χ2n) is 5.36. The molecule has 3 nitrogen and oxygen atoms in total. The van der Waals surface area contributed by atoms with Crippen molar-refractivity contribution in [2.75, 3.05) is 6.79 Å². The van der Waals surface area contributed by atoms with Crippen molar-refractivity contribution in [3.05, 3.63) is 48.0 Å². The maximum atomic E-state index is 6.09. The van der Waals surface area contributed by atoms with Crippen LogP contribution in [0.25, 0.3) is 11.1 Å². The molecule has 0 aliphatic carbocycles. The number of nitrogens with two attached hydrogens (primary N) is 1. The van der Waals surface area contributed by atoms with Crippen LogP contribution in [-0.2, 0) is 5.54 Å². The summed E-state index contributed by atoms with van der Waals surface area (Å²) in [7, 11) is 0. The summed E-state index contributed by atoms with van der Waals surface area (Å²) in [5.41, 5.74) is 9.09. The molecule has 2 aromatic rings. The molecule has 0 atom stereocenters. The Balaban J connectivity index is 1.99. The Morgan fingerprint density at radius 1 is 1.00 bits per heavy atom. The quantitative estimate of drug-likeness (QED) is 0.895. The van der Waals surface area contributed by atoms with Crippen molar-refractivity contribution >= 4 is 0 Å². The molecule has 0 saturated heterocycles. The number of hydrogen-bond donors (Lipinski definition) is 1. The summed E-state index contributed by atoms with van der Waals surface area (Å²) in [4.78, 5) is 0. The summed E-state index contributed by atoms with van der Waals surface area (Å²) >= 11 is 0. The number of benzene rings is 2. The van der Waals surface area contributed by atoms with Gasteiger partial charge in [-0.3, -0.25) is 0 Å². The van der Waals surface area contributed by atoms with Gasteiger partial charge in [0.1, 0.15) is 11.5 Å². The summed E-state index contributed by atoms with van der Waals surface area (Å²) in [6.45, 7) is 4.28. The van der Waals surface area contributed by atoms with Crippen LogP contribution in [0.5, 0.6) is 11.5 Å². The third-order valence-electron chi connectivity index (χ3n) is 3.33. The van der Waals surface area contributed by atoms with Gasteiger partial charge in [-0.2, -0.15) is 0 Å². The summed E-state index contributed by atoms with van der Waals surface area (Å²) in [6, 6.07) is 14.2. The summed E-state index contributed by atoms with van der Waals surface area (Å²) in [6.07, 6.45) is 0. The van der Waals surface area contributed by atoms with E-state index in [9.17, 15) is 0 Å². The van der Waals surface area contributed by atoms with Gasteiger partial charge in [-0.25, -0.2) is 0 Å². The second kappa shape index (κ2) is 4.28. The Hall–Kier alpha value is -2.00. The molecule has 0 saturated carbocycles. The normalized spacial score (nSPS) is 13.6. The van der Waals surface area contributed by atoms with E-state index in [-0.39, 0.29) is 12.3 Å². The van der Waals surface area contributed by atoms with Crippen LogP contribution in [0.15, 0.2) is 42.5 Å². The van der Waals surface area contributed by atoms with Crippen molar-refractivity contribution < 1.29 is 9.47 Å². The van der Waals surface area contributed by atoms with E-state index in [0.717, 1.165) is 28.2 Å². The van der Waals surface area contributed by atoms with Crippen LogP contribution >= 0.6 is 0 Å². The molecule has 1 aliphatic rings. The molecular formula is C16H17NO2. The van der Waals surface area contributed by atoms with Crippen LogP contribution in [0.1, 0.15) is 19.4 Å². The standard InChI is InChI=1S/C16H17NO2/c1-16(2,17)12-5-3-11(4-6-12)14-8-7-13-9-15(14)19-10-18-13/h3-9H,10,17H2,1-2H3. The maximum absolute atomic E-state index is 6.09. The molecule has 0 aromatic heterocycles. The zero-order valence-corrected chi connectivity index (χ0v) is 11.1. The molecule has 19 heavy (non-hydrogen) atoms. The fraction of sp³-hybridized carbons (Fsp3) is 0.250. The van der Waals surface area contributed by atoms with Crippen LogP contribution < -0.4 is 15.2 Å². The molecule has 3 rings (SSSR count). The van der Waals surface area contributed by atoms with Crippen molar-refractivity contribution in [1.82, 2.24) is 0 Å². The number of rotatable bonds is 2. The SMILES string of the molecule is CC(C)(N)c1ccc(-c2ccc3cc2OCO3)cc1. The molecule has 0 spiro atoms. The number of ether oxygens (including phenoxy) is 2. The maximum Gasteiger partial charge on any atom is 0.230 e. The average Bonchev–Trinajstić information content (AvgIpc) is 2.38. The van der Waals surface area contributed by atoms with Gasteiger partial charge in [-0.1, -0.05) is 24.3 Å². The molecule has 98 valence electrons. The molecule has 3 heteroatoms. The van der Waals surface area contributed by atoms with Crippen LogP contribution in [0, 0.1) is 0 Å². The zero-order chi connectivity index (χ0) is 13.5. The fourth-order valence-corrected chi connectivity index (χ4v) is 2.19. The van der Waals surface area contributed by atoms with Crippen molar-refractivity contribution in [1.29, 1.82) is 0 Å². The fourth-order valence-electron chi connectivity index (χ4n) is 2.19. The van der Waals surface area contributed by atoms with E-state index in [1.54, 1.807) is 0 Å². The summed E-state index contributed by atoms with van der Waals surface area (Å²) < 4.78 is 10.8. The molecule has 2 bridgehead atoms. The third-order valence-corrected chi connectivity index (χ3v) is 3.33. The van der Waals surface area contributed by atoms with E-state index < -0.39 is 0 Å². The topological polar surface area (TPSA) is 44.5 Å². The molecule has 0 radical (unpaired) electrons. The Kier molecular flexibility index (Phi) is 2.72. The number of fused-ring (bicyclic) bond motifs is 2. The van der Waals surface area contributed by atoms with E-state index in [1.807, 2.05) is 32.0 Å². The van der Waals surface area contributed by atoms with E-state index in [4.69, 9.17) is 15.2 Å². The van der Waals surface area contributed by atoms with Crippen molar-refractivity contribution in [2.24, 2.45) is 5.73 Å². The Morgan fingerprint density at radius 2 is 1.74 bits per heavy atom. The highest BCUT2D eigenvalue weighted by atomic mass is 16.7. The van der Waals surface area contributed by atoms with Gasteiger partial charge in [0.05, 0.1) is 0 Å². The Labute approximate surface area is 113 Å². The molecular weight excluding hydrogens is 238 g/mol. The minimum absolute atomic E-state index is 0.281. The van der Waals surface area contributed by atoms with Gasteiger partial charge in [0.2, 0.25) is 6.79 Å². The number of hydrogen-bond acceptors (Lipinski definition) is 3. The van der Waals surface area contributed by atoms with Gasteiger partial charge in [0.15, 0.2) is 0 Å². The third kappa shape index (κ3) is 2.29. The lowest BCUT2D eigenvalue weighted by Gasteiger charge is -2.21. The lowest BCUT2D eigenvalue weighted by molar-refractivity contribution is 0.106. The van der Waals surface area contributed by atoms with Gasteiger partial charge < -0.3 is 15.2 Å². The molecule has 1 heterocycles. The van der Waals surface area contributed by atoms with Crippen LogP contribution in [0.2, 0.25) is 0 Å². The average molecular weight is 255 g/mol. The van der Waals surface area contributed by atoms with Gasteiger partial charge in [0, 0.05) is 17.2 Å². The van der Waals surface area contributed by atoms with E-state index >= 15 is 0 Å². The predicted molar refractivity (Wildman–Crippen MR) is 75.2 cm³/mol. The predicted octanol–water partition coefficient (Wildman–Crippen LogP) is 3.28. The van der Waals surface area contributed by atoms with Crippen LogP contribution in [0.4, 0.5) is 0 Å². The van der Waals surface area contributed by atoms with Crippen molar-refractivity contribution in [3.8, 4) is 22.6 Å². The van der Waals surface area contributed by atoms with Crippen molar-refractivity contribution in [3.63, 3.8) is 0 Å². The Bertz CT molecular complexity index is 597. The molecule has 1 aliphatic heterocycles. The first-order valence-corrected chi connectivity index (χ1v) is 6.33. The van der Waals surface area contributed by atoms with Gasteiger partial charge in [-0.05, 0) is 37.1 Å². The highest BCUT2D eigenvalue weighted by Gasteiger charge is 2.16. The van der Waals surface area contributed by atoms with Crippen LogP contribution in [-0.4, -0.2) is 6.79 Å². The molecule has 2 N–H and O–H groups in total. The highest BCUT2D eigenvalue weighted by Crippen LogP contribution is 2.36. The largest absolute Gasteiger partial charge is 0.457 e. The highest BCUT2D eigenvalue weighted by molar-refractivity contribution is 5.72. The lowest BCUT2D eigenvalue weighted by Crippen LogP contribution is -2.28. The monoisotopic (exact) mass is 255 g/mol. The zero-order valence-electron chi connectivity index (χ0n) is 11.1. The molecule has 0 fully saturated rings. The minimum Gasteiger partial charge on any atom is -0.457 e. The van der Waals surface area contributed by atoms with Gasteiger partial charge in [0.25, 0.3) is 0 Å². The minimum atomic E-state index is -0.318. The summed E-state index contributed by atoms with van der Waals surface area (Å²) in [5.74, 6) is 1.72. The van der Waals surface area contributed by atoms with Crippen LogP contribution in [0.3, 0.4) is 0 Å². The van der Waals surface area contributed by atoms with Gasteiger partial charge >= 0.3 is 0 Å². The summed E-state index contributed by atoms with van der Waals surface area (Å²) in [5, 5.41) is 0. The van der Waals surface area contributed by atoms with E-state index in [0.29, 0.717) is 0 Å². The van der Waals surface area contributed by atoms with E-state index in [1.165, 1.54) is 0 Å². The van der Waals surface area contributed by atoms with Gasteiger partial charge in [-0.15, -0.1) is 0 Å².